The van der Waals surface area contributed by atoms with Crippen LogP contribution in [0.1, 0.15) is 16.1 Å². The van der Waals surface area contributed by atoms with Gasteiger partial charge in [-0.1, -0.05) is 17.3 Å². The smallest absolute Gasteiger partial charge is 0.353 e. The molecule has 0 saturated heterocycles. The van der Waals surface area contributed by atoms with Gasteiger partial charge in [0.1, 0.15) is 17.1 Å². The van der Waals surface area contributed by atoms with E-state index in [4.69, 9.17) is 8.94 Å². The molecule has 3 rings (SSSR count). The Morgan fingerprint density at radius 2 is 2.10 bits per heavy atom. The maximum Gasteiger partial charge on any atom is 0.353 e. The summed E-state index contributed by atoms with van der Waals surface area (Å²) in [5.41, 5.74) is -1.20. The van der Waals surface area contributed by atoms with Crippen molar-refractivity contribution >= 4 is 22.7 Å². The molecule has 7 heteroatoms. The van der Waals surface area contributed by atoms with Crippen molar-refractivity contribution in [1.82, 2.24) is 5.16 Å². The standard InChI is InChI=1S/C14H10N2O5/c1-7-6-10(16-21-7)15-13(18)11-12(17)8-4-2-3-5-9(8)20-14(11)19/h2-6,17H,1H3,(H,15,16,18). The second kappa shape index (κ2) is 4.78. The summed E-state index contributed by atoms with van der Waals surface area (Å²) >= 11 is 0. The van der Waals surface area contributed by atoms with Gasteiger partial charge in [-0.15, -0.1) is 0 Å². The third-order valence-electron chi connectivity index (χ3n) is 2.88. The predicted molar refractivity (Wildman–Crippen MR) is 73.3 cm³/mol. The van der Waals surface area contributed by atoms with Crippen molar-refractivity contribution in [3.8, 4) is 5.75 Å². The molecule has 0 saturated carbocycles. The normalized spacial score (nSPS) is 10.7. The summed E-state index contributed by atoms with van der Waals surface area (Å²) in [6, 6.07) is 7.87. The van der Waals surface area contributed by atoms with Crippen molar-refractivity contribution in [2.45, 2.75) is 6.92 Å². The monoisotopic (exact) mass is 286 g/mol. The minimum atomic E-state index is -0.927. The molecule has 0 atom stereocenters. The maximum atomic E-state index is 12.1. The van der Waals surface area contributed by atoms with Crippen molar-refractivity contribution in [2.75, 3.05) is 5.32 Å². The van der Waals surface area contributed by atoms with Gasteiger partial charge in [0.25, 0.3) is 5.91 Å². The molecule has 0 radical (unpaired) electrons. The summed E-state index contributed by atoms with van der Waals surface area (Å²) in [5.74, 6) is -0.607. The minimum absolute atomic E-state index is 0.143. The van der Waals surface area contributed by atoms with E-state index in [1.54, 1.807) is 25.1 Å². The number of aryl methyl sites for hydroxylation is 1. The van der Waals surface area contributed by atoms with E-state index >= 15 is 0 Å². The molecule has 0 unspecified atom stereocenters. The van der Waals surface area contributed by atoms with Crippen LogP contribution in [-0.4, -0.2) is 16.2 Å². The quantitative estimate of drug-likeness (QED) is 0.698. The van der Waals surface area contributed by atoms with Gasteiger partial charge >= 0.3 is 5.63 Å². The van der Waals surface area contributed by atoms with E-state index in [1.165, 1.54) is 12.1 Å². The van der Waals surface area contributed by atoms with Crippen LogP contribution in [-0.2, 0) is 0 Å². The second-order valence-electron chi connectivity index (χ2n) is 4.39. The highest BCUT2D eigenvalue weighted by Gasteiger charge is 2.21. The minimum Gasteiger partial charge on any atom is -0.506 e. The number of aromatic hydroxyl groups is 1. The zero-order valence-corrected chi connectivity index (χ0v) is 10.9. The highest BCUT2D eigenvalue weighted by molar-refractivity contribution is 6.08. The Morgan fingerprint density at radius 1 is 1.33 bits per heavy atom. The Morgan fingerprint density at radius 3 is 2.81 bits per heavy atom. The number of anilines is 1. The molecule has 2 aromatic heterocycles. The summed E-state index contributed by atoms with van der Waals surface area (Å²) in [5, 5.41) is 16.3. The summed E-state index contributed by atoms with van der Waals surface area (Å²) in [6.07, 6.45) is 0. The van der Waals surface area contributed by atoms with E-state index in [0.29, 0.717) is 5.76 Å². The van der Waals surface area contributed by atoms with Crippen LogP contribution >= 0.6 is 0 Å². The number of carbonyl (C=O) groups excluding carboxylic acids is 1. The zero-order valence-electron chi connectivity index (χ0n) is 10.9. The fraction of sp³-hybridized carbons (Fsp3) is 0.0714. The Labute approximate surface area is 117 Å². The number of amides is 1. The summed E-state index contributed by atoms with van der Waals surface area (Å²) in [4.78, 5) is 24.0. The van der Waals surface area contributed by atoms with E-state index in [1.807, 2.05) is 0 Å². The SMILES string of the molecule is Cc1cc(NC(=O)c2c(O)c3ccccc3oc2=O)no1. The second-order valence-corrected chi connectivity index (χ2v) is 4.39. The number of aromatic nitrogens is 1. The number of benzene rings is 1. The van der Waals surface area contributed by atoms with Crippen LogP contribution in [0.25, 0.3) is 11.0 Å². The molecule has 1 amide bonds. The molecule has 1 aromatic carbocycles. The molecule has 106 valence electrons. The van der Waals surface area contributed by atoms with E-state index in [9.17, 15) is 14.7 Å². The van der Waals surface area contributed by atoms with Crippen molar-refractivity contribution < 1.29 is 18.8 Å². The van der Waals surface area contributed by atoms with Crippen molar-refractivity contribution in [2.24, 2.45) is 0 Å². The van der Waals surface area contributed by atoms with Gasteiger partial charge in [-0.3, -0.25) is 4.79 Å². The van der Waals surface area contributed by atoms with E-state index < -0.39 is 22.8 Å². The number of carbonyl (C=O) groups is 1. The number of hydrogen-bond acceptors (Lipinski definition) is 6. The number of fused-ring (bicyclic) bond motifs is 1. The van der Waals surface area contributed by atoms with Crippen LogP contribution in [0.3, 0.4) is 0 Å². The van der Waals surface area contributed by atoms with Crippen molar-refractivity contribution in [1.29, 1.82) is 0 Å². The van der Waals surface area contributed by atoms with Gasteiger partial charge in [0.05, 0.1) is 5.39 Å². The molecule has 2 heterocycles. The van der Waals surface area contributed by atoms with Gasteiger partial charge in [-0.25, -0.2) is 4.79 Å². The molecular weight excluding hydrogens is 276 g/mol. The molecule has 0 bridgehead atoms. The van der Waals surface area contributed by atoms with Crippen molar-refractivity contribution in [3.63, 3.8) is 0 Å². The molecule has 0 aliphatic rings. The number of rotatable bonds is 2. The Hall–Kier alpha value is -3.09. The Kier molecular flexibility index (Phi) is 2.94. The van der Waals surface area contributed by atoms with Gasteiger partial charge in [-0.05, 0) is 19.1 Å². The van der Waals surface area contributed by atoms with Gasteiger partial charge in [0.2, 0.25) is 0 Å². The van der Waals surface area contributed by atoms with E-state index in [2.05, 4.69) is 10.5 Å². The lowest BCUT2D eigenvalue weighted by Crippen LogP contribution is -2.21. The first-order valence-corrected chi connectivity index (χ1v) is 6.06. The van der Waals surface area contributed by atoms with Crippen LogP contribution in [0, 0.1) is 6.92 Å². The third kappa shape index (κ3) is 2.25. The van der Waals surface area contributed by atoms with Gasteiger partial charge < -0.3 is 19.4 Å². The average molecular weight is 286 g/mol. The highest BCUT2D eigenvalue weighted by atomic mass is 16.5. The van der Waals surface area contributed by atoms with Gasteiger partial charge in [-0.2, -0.15) is 0 Å². The average Bonchev–Trinajstić information content (AvgIpc) is 2.84. The van der Waals surface area contributed by atoms with Gasteiger partial charge in [0.15, 0.2) is 11.4 Å². The molecule has 2 N–H and O–H groups in total. The summed E-state index contributed by atoms with van der Waals surface area (Å²) in [6.45, 7) is 1.66. The first-order valence-electron chi connectivity index (χ1n) is 6.06. The zero-order chi connectivity index (χ0) is 15.0. The lowest BCUT2D eigenvalue weighted by Gasteiger charge is -2.05. The number of nitrogens with one attached hydrogen (secondary N) is 1. The summed E-state index contributed by atoms with van der Waals surface area (Å²) in [7, 11) is 0. The predicted octanol–water partition coefficient (Wildman–Crippen LogP) is 2.05. The number of para-hydroxylation sites is 1. The largest absolute Gasteiger partial charge is 0.506 e. The number of nitrogens with zero attached hydrogens (tertiary/aromatic N) is 1. The highest BCUT2D eigenvalue weighted by Crippen LogP contribution is 2.26. The first kappa shape index (κ1) is 12.9. The molecular formula is C14H10N2O5. The van der Waals surface area contributed by atoms with Crippen LogP contribution in [0.15, 0.2) is 44.1 Å². The molecule has 21 heavy (non-hydrogen) atoms. The molecule has 0 aliphatic heterocycles. The van der Waals surface area contributed by atoms with Crippen LogP contribution in [0.4, 0.5) is 5.82 Å². The van der Waals surface area contributed by atoms with Crippen molar-refractivity contribution in [3.05, 3.63) is 52.1 Å². The summed E-state index contributed by atoms with van der Waals surface area (Å²) < 4.78 is 9.82. The maximum absolute atomic E-state index is 12.1. The van der Waals surface area contributed by atoms with Gasteiger partial charge in [0, 0.05) is 6.07 Å². The Bertz CT molecular complexity index is 894. The molecule has 0 spiro atoms. The molecule has 0 aliphatic carbocycles. The number of hydrogen-bond donors (Lipinski definition) is 2. The van der Waals surface area contributed by atoms with Crippen LogP contribution in [0.5, 0.6) is 5.75 Å². The lowest BCUT2D eigenvalue weighted by atomic mass is 10.1. The molecule has 7 nitrogen and oxygen atoms in total. The van der Waals surface area contributed by atoms with E-state index in [-0.39, 0.29) is 16.8 Å². The fourth-order valence-electron chi connectivity index (χ4n) is 1.94. The topological polar surface area (TPSA) is 106 Å². The Balaban J connectivity index is 2.07. The first-order chi connectivity index (χ1) is 10.1. The molecule has 3 aromatic rings. The van der Waals surface area contributed by atoms with Crippen LogP contribution in [0.2, 0.25) is 0 Å². The lowest BCUT2D eigenvalue weighted by molar-refractivity contribution is 0.102. The third-order valence-corrected chi connectivity index (χ3v) is 2.88. The van der Waals surface area contributed by atoms with E-state index in [0.717, 1.165) is 0 Å². The fourth-order valence-corrected chi connectivity index (χ4v) is 1.94. The van der Waals surface area contributed by atoms with Crippen LogP contribution < -0.4 is 10.9 Å². The molecule has 0 fully saturated rings.